The first-order valence-electron chi connectivity index (χ1n) is 4.76. The molecule has 0 saturated carbocycles. The van der Waals surface area contributed by atoms with E-state index in [0.717, 1.165) is 16.4 Å². The largest absolute Gasteiger partial charge is 0.250 e. The summed E-state index contributed by atoms with van der Waals surface area (Å²) in [4.78, 5) is 12.8. The number of nitrogens with zero attached hydrogens (tertiary/aromatic N) is 3. The van der Waals surface area contributed by atoms with Crippen molar-refractivity contribution in [3.05, 3.63) is 40.9 Å². The van der Waals surface area contributed by atoms with Crippen LogP contribution >= 0.6 is 23.4 Å². The van der Waals surface area contributed by atoms with Gasteiger partial charge in [-0.15, -0.1) is 0 Å². The molecule has 0 aromatic carbocycles. The summed E-state index contributed by atoms with van der Waals surface area (Å²) >= 11 is 7.45. The van der Waals surface area contributed by atoms with Crippen LogP contribution in [0.2, 0.25) is 5.15 Å². The van der Waals surface area contributed by atoms with E-state index in [1.54, 1.807) is 6.20 Å². The average molecular weight is 252 g/mol. The molecule has 5 heteroatoms. The van der Waals surface area contributed by atoms with E-state index in [0.29, 0.717) is 10.2 Å². The Morgan fingerprint density at radius 2 is 1.88 bits per heavy atom. The highest BCUT2D eigenvalue weighted by Crippen LogP contribution is 2.29. The maximum absolute atomic E-state index is 6.03. The van der Waals surface area contributed by atoms with Crippen molar-refractivity contribution in [2.45, 2.75) is 23.9 Å². The van der Waals surface area contributed by atoms with Crippen LogP contribution < -0.4 is 0 Å². The summed E-state index contributed by atoms with van der Waals surface area (Å²) in [5, 5.41) is 1.99. The van der Waals surface area contributed by atoms with Gasteiger partial charge in [0.2, 0.25) is 0 Å². The van der Waals surface area contributed by atoms with Gasteiger partial charge in [-0.1, -0.05) is 17.7 Å². The fourth-order valence-electron chi connectivity index (χ4n) is 1.13. The lowest BCUT2D eigenvalue weighted by Crippen LogP contribution is -1.95. The molecule has 0 atom stereocenters. The summed E-state index contributed by atoms with van der Waals surface area (Å²) in [6, 6.07) is 5.72. The molecule has 2 rings (SSSR count). The Balaban J connectivity index is 2.32. The zero-order valence-electron chi connectivity index (χ0n) is 8.94. The fraction of sp³-hybridized carbons (Fsp3) is 0.182. The first-order valence-corrected chi connectivity index (χ1v) is 5.96. The van der Waals surface area contributed by atoms with Crippen LogP contribution in [0.5, 0.6) is 0 Å². The lowest BCUT2D eigenvalue weighted by molar-refractivity contribution is 0.954. The third-order valence-corrected chi connectivity index (χ3v) is 3.38. The molecule has 2 aromatic heterocycles. The van der Waals surface area contributed by atoms with Gasteiger partial charge >= 0.3 is 0 Å². The lowest BCUT2D eigenvalue weighted by atomic mass is 10.4. The SMILES string of the molecule is Cc1nc(Cl)c(Sc2ccccn2)nc1C. The number of halogens is 1. The van der Waals surface area contributed by atoms with Gasteiger partial charge in [0.1, 0.15) is 10.1 Å². The molecular weight excluding hydrogens is 242 g/mol. The van der Waals surface area contributed by atoms with Crippen LogP contribution in [-0.2, 0) is 0 Å². The number of pyridine rings is 1. The molecule has 0 spiro atoms. The van der Waals surface area contributed by atoms with Crippen molar-refractivity contribution < 1.29 is 0 Å². The Hall–Kier alpha value is -1.13. The van der Waals surface area contributed by atoms with E-state index in [4.69, 9.17) is 11.6 Å². The van der Waals surface area contributed by atoms with Gasteiger partial charge in [-0.05, 0) is 37.7 Å². The van der Waals surface area contributed by atoms with Crippen molar-refractivity contribution in [1.29, 1.82) is 0 Å². The summed E-state index contributed by atoms with van der Waals surface area (Å²) < 4.78 is 0. The van der Waals surface area contributed by atoms with Crippen LogP contribution in [0.15, 0.2) is 34.4 Å². The molecule has 16 heavy (non-hydrogen) atoms. The molecule has 0 amide bonds. The Labute approximate surface area is 103 Å². The molecule has 0 fully saturated rings. The Kier molecular flexibility index (Phi) is 3.41. The summed E-state index contributed by atoms with van der Waals surface area (Å²) in [6.45, 7) is 3.81. The highest BCUT2D eigenvalue weighted by molar-refractivity contribution is 7.99. The summed E-state index contributed by atoms with van der Waals surface area (Å²) in [6.07, 6.45) is 1.74. The van der Waals surface area contributed by atoms with E-state index in [-0.39, 0.29) is 0 Å². The first kappa shape index (κ1) is 11.4. The van der Waals surface area contributed by atoms with Gasteiger partial charge in [-0.3, -0.25) is 0 Å². The van der Waals surface area contributed by atoms with E-state index in [9.17, 15) is 0 Å². The maximum atomic E-state index is 6.03. The number of aromatic nitrogens is 3. The second kappa shape index (κ2) is 4.80. The molecule has 0 aliphatic carbocycles. The minimum Gasteiger partial charge on any atom is -0.250 e. The molecular formula is C11H10ClN3S. The number of aryl methyl sites for hydroxylation is 2. The summed E-state index contributed by atoms with van der Waals surface area (Å²) in [5.74, 6) is 0. The topological polar surface area (TPSA) is 38.7 Å². The highest BCUT2D eigenvalue weighted by Gasteiger charge is 2.09. The highest BCUT2D eigenvalue weighted by atomic mass is 35.5. The predicted octanol–water partition coefficient (Wildman–Crippen LogP) is 3.29. The predicted molar refractivity (Wildman–Crippen MR) is 64.9 cm³/mol. The van der Waals surface area contributed by atoms with Crippen LogP contribution in [0, 0.1) is 13.8 Å². The third kappa shape index (κ3) is 2.51. The molecule has 0 saturated heterocycles. The standard InChI is InChI=1S/C11H10ClN3S/c1-7-8(2)15-11(10(12)14-7)16-9-5-3-4-6-13-9/h3-6H,1-2H3. The molecule has 0 N–H and O–H groups in total. The average Bonchev–Trinajstić information content (AvgIpc) is 2.27. The second-order valence-corrected chi connectivity index (χ2v) is 4.63. The van der Waals surface area contributed by atoms with Crippen LogP contribution in [0.25, 0.3) is 0 Å². The van der Waals surface area contributed by atoms with Gasteiger partial charge in [0.25, 0.3) is 0 Å². The van der Waals surface area contributed by atoms with Crippen molar-refractivity contribution in [2.24, 2.45) is 0 Å². The first-order chi connectivity index (χ1) is 7.66. The monoisotopic (exact) mass is 251 g/mol. The molecule has 0 aliphatic heterocycles. The molecule has 0 unspecified atom stereocenters. The van der Waals surface area contributed by atoms with Crippen molar-refractivity contribution in [3.8, 4) is 0 Å². The second-order valence-electron chi connectivity index (χ2n) is 3.26. The van der Waals surface area contributed by atoms with E-state index >= 15 is 0 Å². The maximum Gasteiger partial charge on any atom is 0.161 e. The van der Waals surface area contributed by atoms with E-state index in [1.165, 1.54) is 11.8 Å². The normalized spacial score (nSPS) is 10.4. The number of hydrogen-bond donors (Lipinski definition) is 0. The molecule has 0 radical (unpaired) electrons. The lowest BCUT2D eigenvalue weighted by Gasteiger charge is -2.05. The number of hydrogen-bond acceptors (Lipinski definition) is 4. The molecule has 82 valence electrons. The van der Waals surface area contributed by atoms with Gasteiger partial charge < -0.3 is 0 Å². The molecule has 3 nitrogen and oxygen atoms in total. The van der Waals surface area contributed by atoms with Crippen LogP contribution in [0.4, 0.5) is 0 Å². The minimum atomic E-state index is 0.429. The van der Waals surface area contributed by atoms with E-state index < -0.39 is 0 Å². The van der Waals surface area contributed by atoms with Crippen LogP contribution in [0.3, 0.4) is 0 Å². The van der Waals surface area contributed by atoms with Crippen LogP contribution in [-0.4, -0.2) is 15.0 Å². The Morgan fingerprint density at radius 3 is 2.56 bits per heavy atom. The van der Waals surface area contributed by atoms with Gasteiger partial charge in [-0.2, -0.15) is 0 Å². The zero-order chi connectivity index (χ0) is 11.5. The van der Waals surface area contributed by atoms with E-state index in [1.807, 2.05) is 32.0 Å². The van der Waals surface area contributed by atoms with Crippen molar-refractivity contribution >= 4 is 23.4 Å². The summed E-state index contributed by atoms with van der Waals surface area (Å²) in [7, 11) is 0. The van der Waals surface area contributed by atoms with Crippen molar-refractivity contribution in [1.82, 2.24) is 15.0 Å². The molecule has 2 aromatic rings. The zero-order valence-corrected chi connectivity index (χ0v) is 10.5. The molecule has 2 heterocycles. The quantitative estimate of drug-likeness (QED) is 0.821. The van der Waals surface area contributed by atoms with Gasteiger partial charge in [-0.25, -0.2) is 15.0 Å². The van der Waals surface area contributed by atoms with Crippen molar-refractivity contribution in [3.63, 3.8) is 0 Å². The summed E-state index contributed by atoms with van der Waals surface area (Å²) in [5.41, 5.74) is 1.75. The smallest absolute Gasteiger partial charge is 0.161 e. The fourth-order valence-corrected chi connectivity index (χ4v) is 2.18. The van der Waals surface area contributed by atoms with Crippen molar-refractivity contribution in [2.75, 3.05) is 0 Å². The Morgan fingerprint density at radius 1 is 1.12 bits per heavy atom. The minimum absolute atomic E-state index is 0.429. The Bertz CT molecular complexity index is 502. The van der Waals surface area contributed by atoms with E-state index in [2.05, 4.69) is 15.0 Å². The van der Waals surface area contributed by atoms with Gasteiger partial charge in [0.15, 0.2) is 5.15 Å². The molecule has 0 aliphatic rings. The van der Waals surface area contributed by atoms with Gasteiger partial charge in [0.05, 0.1) is 11.4 Å². The van der Waals surface area contributed by atoms with Crippen LogP contribution in [0.1, 0.15) is 11.4 Å². The molecule has 0 bridgehead atoms. The number of rotatable bonds is 2. The third-order valence-electron chi connectivity index (χ3n) is 2.07. The van der Waals surface area contributed by atoms with Gasteiger partial charge in [0, 0.05) is 6.20 Å².